The molecule has 0 bridgehead atoms. The van der Waals surface area contributed by atoms with E-state index in [1.807, 2.05) is 11.4 Å². The molecule has 0 atom stereocenters. The summed E-state index contributed by atoms with van der Waals surface area (Å²) in [6.45, 7) is 0. The maximum atomic E-state index is 12.5. The maximum absolute atomic E-state index is 12.5. The number of fused-ring (bicyclic) bond motifs is 1. The number of carboxylic acids is 1. The summed E-state index contributed by atoms with van der Waals surface area (Å²) in [5.74, 6) is -0.256. The van der Waals surface area contributed by atoms with Crippen molar-refractivity contribution >= 4 is 62.5 Å². The second kappa shape index (κ2) is 7.78. The highest BCUT2D eigenvalue weighted by molar-refractivity contribution is 7.99. The molecule has 0 spiro atoms. The van der Waals surface area contributed by atoms with E-state index in [4.69, 9.17) is 28.3 Å². The number of carbonyl (C=O) groups is 1. The van der Waals surface area contributed by atoms with Crippen molar-refractivity contribution in [3.63, 3.8) is 0 Å². The molecule has 2 heterocycles. The molecule has 0 saturated carbocycles. The molecule has 2 N–H and O–H groups in total. The lowest BCUT2D eigenvalue weighted by atomic mass is 10.1. The summed E-state index contributed by atoms with van der Waals surface area (Å²) in [6.07, 6.45) is 0.612. The Morgan fingerprint density at radius 3 is 2.84 bits per heavy atom. The Morgan fingerprint density at radius 2 is 2.12 bits per heavy atom. The largest absolute Gasteiger partial charge is 0.481 e. The summed E-state index contributed by atoms with van der Waals surface area (Å²) in [7, 11) is 0. The fourth-order valence-electron chi connectivity index (χ4n) is 2.27. The summed E-state index contributed by atoms with van der Waals surface area (Å²) in [6, 6.07) is 5.22. The van der Waals surface area contributed by atoms with E-state index in [0.717, 1.165) is 11.1 Å². The maximum Gasteiger partial charge on any atom is 0.303 e. The van der Waals surface area contributed by atoms with E-state index in [0.29, 0.717) is 37.6 Å². The minimum absolute atomic E-state index is 0.0972. The van der Waals surface area contributed by atoms with Gasteiger partial charge in [-0.25, -0.2) is 4.98 Å². The van der Waals surface area contributed by atoms with Crippen LogP contribution in [-0.2, 0) is 4.79 Å². The number of aliphatic carboxylic acids is 1. The van der Waals surface area contributed by atoms with Crippen molar-refractivity contribution in [2.75, 3.05) is 5.75 Å². The Hall–Kier alpha value is -1.54. The number of rotatable bonds is 6. The molecule has 2 aromatic heterocycles. The minimum Gasteiger partial charge on any atom is -0.481 e. The summed E-state index contributed by atoms with van der Waals surface area (Å²) in [5, 5.41) is 12.4. The first kappa shape index (κ1) is 18.3. The molecule has 0 unspecified atom stereocenters. The Bertz CT molecular complexity index is 1000. The first-order valence-electron chi connectivity index (χ1n) is 7.27. The molecule has 0 aliphatic rings. The highest BCUT2D eigenvalue weighted by Crippen LogP contribution is 2.34. The summed E-state index contributed by atoms with van der Waals surface area (Å²) in [5.41, 5.74) is 1.33. The number of nitrogens with one attached hydrogen (secondary N) is 1. The van der Waals surface area contributed by atoms with Crippen LogP contribution < -0.4 is 5.56 Å². The van der Waals surface area contributed by atoms with Crippen LogP contribution in [0.4, 0.5) is 0 Å². The van der Waals surface area contributed by atoms with Gasteiger partial charge in [0.05, 0.1) is 15.4 Å². The lowest BCUT2D eigenvalue weighted by Gasteiger charge is -2.03. The molecule has 0 fully saturated rings. The predicted molar refractivity (Wildman–Crippen MR) is 103 cm³/mol. The summed E-state index contributed by atoms with van der Waals surface area (Å²) in [4.78, 5) is 30.9. The molecule has 9 heteroatoms. The van der Waals surface area contributed by atoms with Crippen LogP contribution in [0.15, 0.2) is 33.5 Å². The zero-order valence-electron chi connectivity index (χ0n) is 12.7. The number of halogens is 2. The van der Waals surface area contributed by atoms with Gasteiger partial charge in [-0.3, -0.25) is 9.59 Å². The molecule has 25 heavy (non-hydrogen) atoms. The van der Waals surface area contributed by atoms with Crippen molar-refractivity contribution in [2.24, 2.45) is 0 Å². The van der Waals surface area contributed by atoms with Crippen LogP contribution in [0.5, 0.6) is 0 Å². The number of benzene rings is 1. The van der Waals surface area contributed by atoms with Gasteiger partial charge in [-0.15, -0.1) is 11.3 Å². The molecule has 0 saturated heterocycles. The van der Waals surface area contributed by atoms with Crippen LogP contribution in [0, 0.1) is 0 Å². The first-order chi connectivity index (χ1) is 12.0. The minimum atomic E-state index is -0.831. The molecule has 5 nitrogen and oxygen atoms in total. The van der Waals surface area contributed by atoms with Crippen molar-refractivity contribution < 1.29 is 9.90 Å². The van der Waals surface area contributed by atoms with Crippen molar-refractivity contribution in [1.29, 1.82) is 0 Å². The number of aromatic nitrogens is 2. The predicted octanol–water partition coefficient (Wildman–Crippen LogP) is 4.92. The molecule has 0 amide bonds. The number of carboxylic acid groups (broad SMARTS) is 1. The third-order valence-electron chi connectivity index (χ3n) is 3.43. The number of thiophene rings is 1. The monoisotopic (exact) mass is 414 g/mol. The molecule has 0 aliphatic heterocycles. The summed E-state index contributed by atoms with van der Waals surface area (Å²) < 4.78 is 0. The van der Waals surface area contributed by atoms with Gasteiger partial charge in [0.15, 0.2) is 5.16 Å². The van der Waals surface area contributed by atoms with Gasteiger partial charge in [0.25, 0.3) is 5.56 Å². The third kappa shape index (κ3) is 4.17. The Balaban J connectivity index is 1.90. The van der Waals surface area contributed by atoms with Crippen molar-refractivity contribution in [2.45, 2.75) is 18.0 Å². The summed E-state index contributed by atoms with van der Waals surface area (Å²) >= 11 is 14.7. The number of nitrogens with zero attached hydrogens (tertiary/aromatic N) is 1. The quantitative estimate of drug-likeness (QED) is 0.339. The number of H-pyrrole nitrogens is 1. The van der Waals surface area contributed by atoms with E-state index in [1.54, 1.807) is 12.1 Å². The molecule has 130 valence electrons. The Morgan fingerprint density at radius 1 is 1.32 bits per heavy atom. The van der Waals surface area contributed by atoms with Gasteiger partial charge in [-0.05, 0) is 24.1 Å². The molecular formula is C16H12Cl2N2O3S2. The molecule has 1 aromatic carbocycles. The zero-order valence-corrected chi connectivity index (χ0v) is 15.9. The van der Waals surface area contributed by atoms with E-state index in [1.165, 1.54) is 23.1 Å². The van der Waals surface area contributed by atoms with E-state index in [2.05, 4.69) is 9.97 Å². The van der Waals surface area contributed by atoms with E-state index in [9.17, 15) is 9.59 Å². The van der Waals surface area contributed by atoms with Gasteiger partial charge >= 0.3 is 5.97 Å². The zero-order chi connectivity index (χ0) is 18.0. The molecule has 3 aromatic rings. The number of thioether (sulfide) groups is 1. The standard InChI is InChI=1S/C16H12Cl2N2O3S2/c17-10-4-3-8(6-11(10)18)9-7-25-15-13(9)14(23)19-16(20-15)24-5-1-2-12(21)22/h3-4,6-7H,1-2,5H2,(H,21,22)(H,19,20,23). The van der Waals surface area contributed by atoms with E-state index < -0.39 is 5.97 Å². The molecular weight excluding hydrogens is 403 g/mol. The molecule has 3 rings (SSSR count). The normalized spacial score (nSPS) is 11.1. The Labute approximate surface area is 161 Å². The Kier molecular flexibility index (Phi) is 5.68. The van der Waals surface area contributed by atoms with Gasteiger partial charge in [-0.2, -0.15) is 0 Å². The van der Waals surface area contributed by atoms with Gasteiger partial charge < -0.3 is 10.1 Å². The van der Waals surface area contributed by atoms with Gasteiger partial charge in [0.2, 0.25) is 0 Å². The van der Waals surface area contributed by atoms with Gasteiger partial charge in [0.1, 0.15) is 4.83 Å². The van der Waals surface area contributed by atoms with Crippen LogP contribution in [0.3, 0.4) is 0 Å². The number of aromatic amines is 1. The van der Waals surface area contributed by atoms with E-state index >= 15 is 0 Å². The lowest BCUT2D eigenvalue weighted by Crippen LogP contribution is -2.08. The second-order valence-electron chi connectivity index (χ2n) is 5.18. The smallest absolute Gasteiger partial charge is 0.303 e. The average Bonchev–Trinajstić information content (AvgIpc) is 2.98. The van der Waals surface area contributed by atoms with E-state index in [-0.39, 0.29) is 12.0 Å². The lowest BCUT2D eigenvalue weighted by molar-refractivity contribution is -0.137. The van der Waals surface area contributed by atoms with Crippen LogP contribution in [-0.4, -0.2) is 26.8 Å². The third-order valence-corrected chi connectivity index (χ3v) is 6.00. The first-order valence-corrected chi connectivity index (χ1v) is 9.89. The van der Waals surface area contributed by atoms with Crippen LogP contribution in [0.1, 0.15) is 12.8 Å². The van der Waals surface area contributed by atoms with Crippen molar-refractivity contribution in [3.8, 4) is 11.1 Å². The van der Waals surface area contributed by atoms with Crippen LogP contribution in [0.2, 0.25) is 10.0 Å². The van der Waals surface area contributed by atoms with Crippen LogP contribution >= 0.6 is 46.3 Å². The molecule has 0 radical (unpaired) electrons. The van der Waals surface area contributed by atoms with Crippen molar-refractivity contribution in [1.82, 2.24) is 9.97 Å². The highest BCUT2D eigenvalue weighted by Gasteiger charge is 2.14. The second-order valence-corrected chi connectivity index (χ2v) is 7.93. The topological polar surface area (TPSA) is 83.0 Å². The van der Waals surface area contributed by atoms with Gasteiger partial charge in [-0.1, -0.05) is 41.0 Å². The fraction of sp³-hybridized carbons (Fsp3) is 0.188. The van der Waals surface area contributed by atoms with Crippen molar-refractivity contribution in [3.05, 3.63) is 44.0 Å². The van der Waals surface area contributed by atoms with Crippen LogP contribution in [0.25, 0.3) is 21.3 Å². The SMILES string of the molecule is O=C(O)CCCSc1nc2scc(-c3ccc(Cl)c(Cl)c3)c2c(=O)[nH]1. The highest BCUT2D eigenvalue weighted by atomic mass is 35.5. The van der Waals surface area contributed by atoms with Gasteiger partial charge in [0, 0.05) is 23.1 Å². The molecule has 0 aliphatic carbocycles. The number of hydrogen-bond donors (Lipinski definition) is 2. The fourth-order valence-corrected chi connectivity index (χ4v) is 4.37. The number of hydrogen-bond acceptors (Lipinski definition) is 5. The average molecular weight is 415 g/mol.